The van der Waals surface area contributed by atoms with Crippen molar-refractivity contribution in [1.29, 1.82) is 0 Å². The zero-order valence-corrected chi connectivity index (χ0v) is 6.81. The monoisotopic (exact) mass is 176 g/mol. The lowest BCUT2D eigenvalue weighted by Crippen LogP contribution is -2.26. The highest BCUT2D eigenvalue weighted by molar-refractivity contribution is 5.78. The number of hydrogen-bond acceptors (Lipinski definition) is 2. The van der Waals surface area contributed by atoms with Crippen LogP contribution in [0.2, 0.25) is 0 Å². The maximum absolute atomic E-state index is 10.6. The molecule has 0 amide bonds. The minimum absolute atomic E-state index is 0.623. The van der Waals surface area contributed by atoms with E-state index in [4.69, 9.17) is 9.84 Å². The Morgan fingerprint density at radius 2 is 2.15 bits per heavy atom. The fourth-order valence-corrected chi connectivity index (χ4v) is 1.23. The van der Waals surface area contributed by atoms with Gasteiger partial charge in [-0.2, -0.15) is 0 Å². The predicted molar refractivity (Wildman–Crippen MR) is 47.5 cm³/mol. The molecule has 66 valence electrons. The van der Waals surface area contributed by atoms with Gasteiger partial charge in [-0.3, -0.25) is 0 Å². The number of ether oxygens (including phenoxy) is 1. The van der Waals surface area contributed by atoms with Crippen molar-refractivity contribution in [3.63, 3.8) is 0 Å². The van der Waals surface area contributed by atoms with Crippen LogP contribution in [0.1, 0.15) is 5.56 Å². The van der Waals surface area contributed by atoms with Gasteiger partial charge in [0.25, 0.3) is 0 Å². The summed E-state index contributed by atoms with van der Waals surface area (Å²) in [6.45, 7) is 0. The third-order valence-electron chi connectivity index (χ3n) is 1.87. The molecule has 1 atom stereocenters. The van der Waals surface area contributed by atoms with Crippen molar-refractivity contribution in [1.82, 2.24) is 0 Å². The Bertz CT molecular complexity index is 368. The highest BCUT2D eigenvalue weighted by atomic mass is 16.5. The van der Waals surface area contributed by atoms with Gasteiger partial charge >= 0.3 is 5.97 Å². The minimum atomic E-state index is -0.967. The first-order valence-corrected chi connectivity index (χ1v) is 3.94. The summed E-state index contributed by atoms with van der Waals surface area (Å²) in [7, 11) is 0. The maximum atomic E-state index is 10.6. The lowest BCUT2D eigenvalue weighted by molar-refractivity contribution is -0.142. The molecule has 0 aromatic heterocycles. The van der Waals surface area contributed by atoms with E-state index in [-0.39, 0.29) is 0 Å². The van der Waals surface area contributed by atoms with Crippen LogP contribution in [-0.2, 0) is 4.79 Å². The topological polar surface area (TPSA) is 46.5 Å². The largest absolute Gasteiger partial charge is 0.478 e. The first-order chi connectivity index (χ1) is 6.27. The van der Waals surface area contributed by atoms with Crippen LogP contribution in [0.25, 0.3) is 6.08 Å². The van der Waals surface area contributed by atoms with Crippen LogP contribution in [0.5, 0.6) is 5.75 Å². The third kappa shape index (κ3) is 1.40. The lowest BCUT2D eigenvalue weighted by atomic mass is 10.1. The molecule has 0 aliphatic carbocycles. The van der Waals surface area contributed by atoms with E-state index in [0.717, 1.165) is 5.56 Å². The molecule has 0 fully saturated rings. The molecule has 0 saturated heterocycles. The number of carbonyl (C=O) groups is 1. The van der Waals surface area contributed by atoms with Crippen LogP contribution in [0, 0.1) is 0 Å². The zero-order valence-electron chi connectivity index (χ0n) is 6.81. The number of para-hydroxylation sites is 1. The summed E-state index contributed by atoms with van der Waals surface area (Å²) in [6.07, 6.45) is 2.44. The van der Waals surface area contributed by atoms with Gasteiger partial charge in [0.15, 0.2) is 0 Å². The van der Waals surface area contributed by atoms with E-state index in [1.54, 1.807) is 12.1 Å². The Balaban J connectivity index is 2.34. The smallest absolute Gasteiger partial charge is 0.349 e. The van der Waals surface area contributed by atoms with E-state index in [0.29, 0.717) is 5.75 Å². The zero-order chi connectivity index (χ0) is 9.26. The molecular weight excluding hydrogens is 168 g/mol. The average molecular weight is 176 g/mol. The van der Waals surface area contributed by atoms with E-state index in [9.17, 15) is 4.79 Å². The van der Waals surface area contributed by atoms with Crippen molar-refractivity contribution in [2.75, 3.05) is 0 Å². The van der Waals surface area contributed by atoms with E-state index in [1.807, 2.05) is 18.2 Å². The molecule has 1 aromatic carbocycles. The number of carboxylic acid groups (broad SMARTS) is 1. The average Bonchev–Trinajstić information content (AvgIpc) is 2.17. The molecule has 3 nitrogen and oxygen atoms in total. The number of aliphatic carboxylic acids is 1. The van der Waals surface area contributed by atoms with Crippen LogP contribution >= 0.6 is 0 Å². The summed E-state index contributed by atoms with van der Waals surface area (Å²) in [5, 5.41) is 8.69. The Morgan fingerprint density at radius 1 is 1.38 bits per heavy atom. The van der Waals surface area contributed by atoms with Crippen LogP contribution in [-0.4, -0.2) is 17.2 Å². The van der Waals surface area contributed by atoms with Crippen LogP contribution in [0.3, 0.4) is 0 Å². The Kier molecular flexibility index (Phi) is 1.77. The number of rotatable bonds is 1. The van der Waals surface area contributed by atoms with Crippen molar-refractivity contribution < 1.29 is 14.6 Å². The highest BCUT2D eigenvalue weighted by Crippen LogP contribution is 2.25. The van der Waals surface area contributed by atoms with E-state index >= 15 is 0 Å². The van der Waals surface area contributed by atoms with Gasteiger partial charge < -0.3 is 9.84 Å². The van der Waals surface area contributed by atoms with Gasteiger partial charge in [-0.1, -0.05) is 24.3 Å². The second kappa shape index (κ2) is 2.94. The molecule has 2 rings (SSSR count). The summed E-state index contributed by atoms with van der Waals surface area (Å²) >= 11 is 0. The first kappa shape index (κ1) is 7.86. The molecule has 1 N–H and O–H groups in total. The van der Waals surface area contributed by atoms with Crippen LogP contribution < -0.4 is 4.74 Å². The second-order valence-corrected chi connectivity index (χ2v) is 2.77. The quantitative estimate of drug-likeness (QED) is 0.706. The summed E-state index contributed by atoms with van der Waals surface area (Å²) in [6, 6.07) is 7.34. The second-order valence-electron chi connectivity index (χ2n) is 2.77. The van der Waals surface area contributed by atoms with Crippen molar-refractivity contribution >= 4 is 12.0 Å². The molecule has 1 heterocycles. The molecule has 0 unspecified atom stereocenters. The maximum Gasteiger partial charge on any atom is 0.349 e. The van der Waals surface area contributed by atoms with Gasteiger partial charge in [-0.25, -0.2) is 4.79 Å². The molecule has 0 radical (unpaired) electrons. The van der Waals surface area contributed by atoms with E-state index in [1.165, 1.54) is 6.08 Å². The third-order valence-corrected chi connectivity index (χ3v) is 1.87. The fourth-order valence-electron chi connectivity index (χ4n) is 1.23. The number of benzene rings is 1. The first-order valence-electron chi connectivity index (χ1n) is 3.94. The van der Waals surface area contributed by atoms with Gasteiger partial charge in [0.2, 0.25) is 6.10 Å². The molecule has 13 heavy (non-hydrogen) atoms. The SMILES string of the molecule is O=C(O)[C@H]1C=Cc2ccccc2O1. The Hall–Kier alpha value is -1.77. The molecule has 1 aliphatic rings. The van der Waals surface area contributed by atoms with Gasteiger partial charge in [0, 0.05) is 5.56 Å². The van der Waals surface area contributed by atoms with Crippen LogP contribution in [0.4, 0.5) is 0 Å². The van der Waals surface area contributed by atoms with Crippen molar-refractivity contribution in [2.45, 2.75) is 6.10 Å². The molecule has 3 heteroatoms. The van der Waals surface area contributed by atoms with Crippen LogP contribution in [0.15, 0.2) is 30.3 Å². The minimum Gasteiger partial charge on any atom is -0.478 e. The molecular formula is C10H8O3. The van der Waals surface area contributed by atoms with Crippen molar-refractivity contribution in [3.05, 3.63) is 35.9 Å². The molecule has 0 spiro atoms. The van der Waals surface area contributed by atoms with Gasteiger partial charge in [0.05, 0.1) is 0 Å². The van der Waals surface area contributed by atoms with Crippen molar-refractivity contribution in [3.8, 4) is 5.75 Å². The number of fused-ring (bicyclic) bond motifs is 1. The molecule has 0 bridgehead atoms. The van der Waals surface area contributed by atoms with Gasteiger partial charge in [0.1, 0.15) is 5.75 Å². The van der Waals surface area contributed by atoms with E-state index < -0.39 is 12.1 Å². The number of carboxylic acids is 1. The summed E-state index contributed by atoms with van der Waals surface area (Å²) < 4.78 is 5.21. The molecule has 1 aromatic rings. The Morgan fingerprint density at radius 3 is 2.92 bits per heavy atom. The summed E-state index contributed by atoms with van der Waals surface area (Å²) in [4.78, 5) is 10.6. The highest BCUT2D eigenvalue weighted by Gasteiger charge is 2.20. The lowest BCUT2D eigenvalue weighted by Gasteiger charge is -2.17. The van der Waals surface area contributed by atoms with Crippen molar-refractivity contribution in [2.24, 2.45) is 0 Å². The summed E-state index contributed by atoms with van der Waals surface area (Å²) in [5.74, 6) is -0.344. The standard InChI is InChI=1S/C10H8O3/c11-10(12)9-6-5-7-3-1-2-4-8(7)13-9/h1-6,9H,(H,11,12)/t9-/m1/s1. The molecule has 1 aliphatic heterocycles. The Labute approximate surface area is 75.3 Å². The normalized spacial score (nSPS) is 18.9. The fraction of sp³-hybridized carbons (Fsp3) is 0.100. The van der Waals surface area contributed by atoms with Gasteiger partial charge in [-0.15, -0.1) is 0 Å². The molecule has 0 saturated carbocycles. The summed E-state index contributed by atoms with van der Waals surface area (Å²) in [5.41, 5.74) is 0.917. The van der Waals surface area contributed by atoms with E-state index in [2.05, 4.69) is 0 Å². The van der Waals surface area contributed by atoms with Gasteiger partial charge in [-0.05, 0) is 12.1 Å². The predicted octanol–water partition coefficient (Wildman–Crippen LogP) is 1.55. The number of hydrogen-bond donors (Lipinski definition) is 1.